The molecule has 3 aromatic rings. The Morgan fingerprint density at radius 2 is 1.97 bits per heavy atom. The highest BCUT2D eigenvalue weighted by Gasteiger charge is 2.20. The Morgan fingerprint density at radius 3 is 2.69 bits per heavy atom. The molecule has 2 N–H and O–H groups in total. The maximum Gasteiger partial charge on any atom is 0.251 e. The lowest BCUT2D eigenvalue weighted by molar-refractivity contribution is 0.0952. The van der Waals surface area contributed by atoms with E-state index in [9.17, 15) is 9.18 Å². The number of carbonyl (C=O) groups excluding carboxylic acids is 1. The fraction of sp³-hybridized carbons (Fsp3) is 0.444. The molecular weight excluding hydrogens is 481 g/mol. The van der Waals surface area contributed by atoms with Gasteiger partial charge in [-0.05, 0) is 56.0 Å². The molecule has 0 aliphatic carbocycles. The van der Waals surface area contributed by atoms with E-state index in [1.165, 1.54) is 12.1 Å². The molecule has 1 aliphatic heterocycles. The number of nitrogens with one attached hydrogen (secondary N) is 2. The molecule has 36 heavy (non-hydrogen) atoms. The molecule has 192 valence electrons. The molecule has 2 heterocycles. The number of fused-ring (bicyclic) bond motifs is 1. The molecule has 1 amide bonds. The van der Waals surface area contributed by atoms with Gasteiger partial charge in [-0.15, -0.1) is 0 Å². The molecule has 1 saturated heterocycles. The zero-order valence-electron chi connectivity index (χ0n) is 21.0. The number of benzene rings is 2. The third kappa shape index (κ3) is 6.42. The van der Waals surface area contributed by atoms with Crippen LogP contribution in [0.4, 0.5) is 15.9 Å². The molecule has 4 rings (SSSR count). The van der Waals surface area contributed by atoms with E-state index in [0.717, 1.165) is 37.3 Å². The van der Waals surface area contributed by atoms with Gasteiger partial charge in [-0.3, -0.25) is 9.78 Å². The van der Waals surface area contributed by atoms with Crippen molar-refractivity contribution in [2.75, 3.05) is 43.1 Å². The van der Waals surface area contributed by atoms with E-state index in [0.29, 0.717) is 48.0 Å². The van der Waals surface area contributed by atoms with Gasteiger partial charge in [0.2, 0.25) is 0 Å². The first kappa shape index (κ1) is 26.1. The van der Waals surface area contributed by atoms with Crippen molar-refractivity contribution in [1.29, 1.82) is 0 Å². The van der Waals surface area contributed by atoms with Crippen LogP contribution >= 0.6 is 11.6 Å². The van der Waals surface area contributed by atoms with Crippen LogP contribution in [0.2, 0.25) is 5.02 Å². The van der Waals surface area contributed by atoms with Crippen LogP contribution < -0.4 is 15.5 Å². The first-order valence-corrected chi connectivity index (χ1v) is 12.8. The molecule has 0 saturated carbocycles. The van der Waals surface area contributed by atoms with E-state index in [4.69, 9.17) is 21.3 Å². The van der Waals surface area contributed by atoms with E-state index in [-0.39, 0.29) is 17.0 Å². The molecular formula is C27H33ClFN5O2. The fourth-order valence-corrected chi connectivity index (χ4v) is 4.38. The number of aromatic nitrogens is 2. The number of anilines is 2. The number of nitrogens with zero attached hydrogens (tertiary/aromatic N) is 3. The Hall–Kier alpha value is -2.97. The first-order valence-electron chi connectivity index (χ1n) is 12.4. The summed E-state index contributed by atoms with van der Waals surface area (Å²) in [5.74, 6) is 0.714. The average molecular weight is 514 g/mol. The molecule has 0 radical (unpaired) electrons. The number of ether oxygens (including phenoxy) is 1. The number of hydrogen-bond donors (Lipinski definition) is 2. The maximum atomic E-state index is 14.0. The third-order valence-corrected chi connectivity index (χ3v) is 6.58. The summed E-state index contributed by atoms with van der Waals surface area (Å²) in [6, 6.07) is 7.94. The SMILES string of the molecule is CC(C)CCCNC(=O)c1cc(C(C)Nc2ccc(Cl)c(F)c2)c2nc(N3CCOCC3)cnc2c1. The Morgan fingerprint density at radius 1 is 1.19 bits per heavy atom. The lowest BCUT2D eigenvalue weighted by Crippen LogP contribution is -2.36. The van der Waals surface area contributed by atoms with Crippen LogP contribution in [0.5, 0.6) is 0 Å². The van der Waals surface area contributed by atoms with E-state index in [2.05, 4.69) is 34.4 Å². The summed E-state index contributed by atoms with van der Waals surface area (Å²) < 4.78 is 19.5. The van der Waals surface area contributed by atoms with Gasteiger partial charge in [0.05, 0.1) is 41.5 Å². The van der Waals surface area contributed by atoms with Gasteiger partial charge in [0.15, 0.2) is 0 Å². The summed E-state index contributed by atoms with van der Waals surface area (Å²) in [5.41, 5.74) is 3.24. The van der Waals surface area contributed by atoms with Crippen molar-refractivity contribution in [2.45, 2.75) is 39.7 Å². The smallest absolute Gasteiger partial charge is 0.251 e. The Labute approximate surface area is 216 Å². The second kappa shape index (κ2) is 11.8. The molecule has 0 bridgehead atoms. The first-order chi connectivity index (χ1) is 17.3. The minimum atomic E-state index is -0.498. The average Bonchev–Trinajstić information content (AvgIpc) is 2.88. The van der Waals surface area contributed by atoms with Crippen LogP contribution in [0.3, 0.4) is 0 Å². The zero-order chi connectivity index (χ0) is 25.7. The van der Waals surface area contributed by atoms with Crippen molar-refractivity contribution < 1.29 is 13.9 Å². The molecule has 1 aliphatic rings. The number of rotatable bonds is 9. The van der Waals surface area contributed by atoms with E-state index in [1.54, 1.807) is 18.3 Å². The number of hydrogen-bond acceptors (Lipinski definition) is 6. The summed E-state index contributed by atoms with van der Waals surface area (Å²) in [6.07, 6.45) is 3.72. The van der Waals surface area contributed by atoms with Crippen molar-refractivity contribution in [3.8, 4) is 0 Å². The third-order valence-electron chi connectivity index (χ3n) is 6.28. The van der Waals surface area contributed by atoms with Crippen LogP contribution in [0.25, 0.3) is 11.0 Å². The Kier molecular flexibility index (Phi) is 8.59. The number of morpholine rings is 1. The standard InChI is InChI=1S/C27H33ClFN5O2/c1-17(2)5-4-8-30-27(35)19-13-21(18(3)32-20-6-7-22(28)23(29)15-20)26-24(14-19)31-16-25(33-26)34-9-11-36-12-10-34/h6-7,13-18,32H,4-5,8-12H2,1-3H3,(H,30,35). The molecule has 1 unspecified atom stereocenters. The molecule has 1 atom stereocenters. The lowest BCUT2D eigenvalue weighted by atomic mass is 10.0. The van der Waals surface area contributed by atoms with Crippen LogP contribution in [-0.4, -0.2) is 48.7 Å². The molecule has 2 aromatic carbocycles. The summed E-state index contributed by atoms with van der Waals surface area (Å²) in [4.78, 5) is 24.7. The van der Waals surface area contributed by atoms with Crippen molar-refractivity contribution in [3.05, 3.63) is 58.5 Å². The monoisotopic (exact) mass is 513 g/mol. The van der Waals surface area contributed by atoms with Gasteiger partial charge in [-0.2, -0.15) is 0 Å². The predicted molar refractivity (Wildman–Crippen MR) is 142 cm³/mol. The molecule has 1 fully saturated rings. The summed E-state index contributed by atoms with van der Waals surface area (Å²) in [6.45, 7) is 9.67. The highest BCUT2D eigenvalue weighted by atomic mass is 35.5. The second-order valence-corrected chi connectivity index (χ2v) is 9.95. The molecule has 0 spiro atoms. The maximum absolute atomic E-state index is 14.0. The van der Waals surface area contributed by atoms with Gasteiger partial charge < -0.3 is 20.3 Å². The highest BCUT2D eigenvalue weighted by molar-refractivity contribution is 6.30. The van der Waals surface area contributed by atoms with Crippen molar-refractivity contribution >= 4 is 40.0 Å². The zero-order valence-corrected chi connectivity index (χ0v) is 21.7. The summed E-state index contributed by atoms with van der Waals surface area (Å²) in [5, 5.41) is 6.40. The quantitative estimate of drug-likeness (QED) is 0.363. The Bertz CT molecular complexity index is 1220. The van der Waals surface area contributed by atoms with E-state index < -0.39 is 5.82 Å². The van der Waals surface area contributed by atoms with Crippen molar-refractivity contribution in [2.24, 2.45) is 5.92 Å². The van der Waals surface area contributed by atoms with Gasteiger partial charge in [0.25, 0.3) is 5.91 Å². The molecule has 7 nitrogen and oxygen atoms in total. The van der Waals surface area contributed by atoms with E-state index >= 15 is 0 Å². The van der Waals surface area contributed by atoms with Crippen molar-refractivity contribution in [1.82, 2.24) is 15.3 Å². The lowest BCUT2D eigenvalue weighted by Gasteiger charge is -2.28. The van der Waals surface area contributed by atoms with Crippen LogP contribution in [0, 0.1) is 11.7 Å². The van der Waals surface area contributed by atoms with Gasteiger partial charge >= 0.3 is 0 Å². The van der Waals surface area contributed by atoms with Gasteiger partial charge in [-0.1, -0.05) is 25.4 Å². The highest BCUT2D eigenvalue weighted by Crippen LogP contribution is 2.29. The van der Waals surface area contributed by atoms with Crippen LogP contribution in [0.1, 0.15) is 55.6 Å². The van der Waals surface area contributed by atoms with Gasteiger partial charge in [-0.25, -0.2) is 9.37 Å². The van der Waals surface area contributed by atoms with Crippen LogP contribution in [-0.2, 0) is 4.74 Å². The second-order valence-electron chi connectivity index (χ2n) is 9.55. The summed E-state index contributed by atoms with van der Waals surface area (Å²) in [7, 11) is 0. The minimum absolute atomic E-state index is 0.0656. The number of amides is 1. The van der Waals surface area contributed by atoms with Crippen LogP contribution in [0.15, 0.2) is 36.5 Å². The fourth-order valence-electron chi connectivity index (χ4n) is 4.27. The normalized spacial score (nSPS) is 14.8. The molecule has 9 heteroatoms. The minimum Gasteiger partial charge on any atom is -0.378 e. The van der Waals surface area contributed by atoms with Gasteiger partial charge in [0, 0.05) is 36.4 Å². The topological polar surface area (TPSA) is 79.4 Å². The Balaban J connectivity index is 1.66. The molecule has 1 aromatic heterocycles. The number of halogens is 2. The largest absolute Gasteiger partial charge is 0.378 e. The predicted octanol–water partition coefficient (Wildman–Crippen LogP) is 5.60. The van der Waals surface area contributed by atoms with Crippen molar-refractivity contribution in [3.63, 3.8) is 0 Å². The summed E-state index contributed by atoms with van der Waals surface area (Å²) >= 11 is 5.85. The van der Waals surface area contributed by atoms with Gasteiger partial charge in [0.1, 0.15) is 11.6 Å². The van der Waals surface area contributed by atoms with E-state index in [1.807, 2.05) is 13.0 Å². The number of carbonyl (C=O) groups is 1.